The molecule has 0 aliphatic heterocycles. The quantitative estimate of drug-likeness (QED) is 0.110. The molecule has 0 N–H and O–H groups in total. The molecule has 0 radical (unpaired) electrons. The predicted octanol–water partition coefficient (Wildman–Crippen LogP) is 9.93. The summed E-state index contributed by atoms with van der Waals surface area (Å²) >= 11 is 0. The van der Waals surface area contributed by atoms with Gasteiger partial charge in [-0.15, -0.1) is 0 Å². The number of hydrogen-bond acceptors (Lipinski definition) is 1. The van der Waals surface area contributed by atoms with E-state index in [9.17, 15) is 30.9 Å². The van der Waals surface area contributed by atoms with Crippen LogP contribution in [0, 0.1) is 0 Å². The van der Waals surface area contributed by atoms with E-state index < -0.39 is 30.6 Å². The highest BCUT2D eigenvalue weighted by Crippen LogP contribution is 2.45. The van der Waals surface area contributed by atoms with Crippen molar-refractivity contribution in [3.63, 3.8) is 0 Å². The third-order valence-electron chi connectivity index (χ3n) is 8.19. The first kappa shape index (κ1) is 28.2. The molecule has 7 aromatic rings. The van der Waals surface area contributed by atoms with Crippen LogP contribution in [0.3, 0.4) is 0 Å². The van der Waals surface area contributed by atoms with E-state index in [0.29, 0.717) is 5.30 Å². The highest BCUT2D eigenvalue weighted by atomic mass is 31.2. The van der Waals surface area contributed by atoms with E-state index in [4.69, 9.17) is 0 Å². The molecule has 7 rings (SSSR count). The van der Waals surface area contributed by atoms with E-state index in [2.05, 4.69) is 36.4 Å². The number of hydrogen-bond donors (Lipinski definition) is 0. The van der Waals surface area contributed by atoms with Gasteiger partial charge in [0, 0.05) is 15.9 Å². The minimum atomic E-state index is -4.60. The molecule has 0 amide bonds. The average molecular weight is 615 g/mol. The van der Waals surface area contributed by atoms with Gasteiger partial charge in [0.05, 0.1) is 11.1 Å². The molecular weight excluding hydrogens is 593 g/mol. The van der Waals surface area contributed by atoms with Gasteiger partial charge in [-0.25, -0.2) is 0 Å². The molecule has 1 nitrogen and oxygen atoms in total. The summed E-state index contributed by atoms with van der Waals surface area (Å²) < 4.78 is 94.6. The Morgan fingerprint density at radius 3 is 1.32 bits per heavy atom. The zero-order valence-electron chi connectivity index (χ0n) is 22.7. The Morgan fingerprint density at radius 1 is 0.432 bits per heavy atom. The van der Waals surface area contributed by atoms with Gasteiger partial charge in [0.1, 0.15) is 0 Å². The Labute approximate surface area is 248 Å². The highest BCUT2D eigenvalue weighted by Gasteiger charge is 2.35. The molecule has 0 aliphatic rings. The van der Waals surface area contributed by atoms with Crippen molar-refractivity contribution >= 4 is 55.4 Å². The second-order valence-electron chi connectivity index (χ2n) is 10.7. The molecule has 0 unspecified atom stereocenters. The van der Waals surface area contributed by atoms with Crippen molar-refractivity contribution < 1.29 is 30.9 Å². The molecule has 0 saturated carbocycles. The minimum Gasteiger partial charge on any atom is -0.309 e. The number of halogens is 6. The van der Waals surface area contributed by atoms with E-state index in [0.717, 1.165) is 92.0 Å². The van der Waals surface area contributed by atoms with Crippen molar-refractivity contribution in [1.29, 1.82) is 0 Å². The van der Waals surface area contributed by atoms with Crippen LogP contribution in [0.15, 0.2) is 127 Å². The Hall–Kier alpha value is -4.61. The minimum absolute atomic E-state index is 0.0840. The van der Waals surface area contributed by atoms with Gasteiger partial charge in [-0.1, -0.05) is 103 Å². The predicted molar refractivity (Wildman–Crippen MR) is 165 cm³/mol. The first-order valence-corrected chi connectivity index (χ1v) is 15.4. The summed E-state index contributed by atoms with van der Waals surface area (Å²) in [6, 6.07) is 33.3. The molecule has 7 aromatic carbocycles. The lowest BCUT2D eigenvalue weighted by molar-refractivity contribution is -0.138. The van der Waals surface area contributed by atoms with Crippen LogP contribution in [-0.2, 0) is 16.9 Å². The summed E-state index contributed by atoms with van der Waals surface area (Å²) in [6.45, 7) is 0. The Morgan fingerprint density at radius 2 is 0.841 bits per heavy atom. The normalized spacial score (nSPS) is 12.9. The molecule has 218 valence electrons. The third-order valence-corrected chi connectivity index (χ3v) is 11.3. The fourth-order valence-corrected chi connectivity index (χ4v) is 8.61. The standard InChI is InChI=1S/C36H21F6OP/c37-35(38,39)26-10-16-29(17-11-26)44(43,30-18-12-27(13-19-30)36(40,41)42)28-14-6-22(7-15-28)31-20-8-25-5-4-23-2-1-3-24-9-21-32(31)34(25)33(23)24/h1-21H. The van der Waals surface area contributed by atoms with Crippen molar-refractivity contribution in [2.24, 2.45) is 0 Å². The zero-order valence-corrected chi connectivity index (χ0v) is 23.6. The van der Waals surface area contributed by atoms with Crippen LogP contribution >= 0.6 is 7.14 Å². The van der Waals surface area contributed by atoms with Gasteiger partial charge in [0.15, 0.2) is 7.14 Å². The summed E-state index contributed by atoms with van der Waals surface area (Å²) in [6.07, 6.45) is -9.20. The maximum Gasteiger partial charge on any atom is 0.416 e. The highest BCUT2D eigenvalue weighted by molar-refractivity contribution is 7.85. The fourth-order valence-electron chi connectivity index (χ4n) is 6.01. The largest absolute Gasteiger partial charge is 0.416 e. The van der Waals surface area contributed by atoms with Crippen LogP contribution in [0.1, 0.15) is 11.1 Å². The molecular formula is C36H21F6OP. The summed E-state index contributed by atoms with van der Waals surface area (Å²) in [5, 5.41) is 7.13. The van der Waals surface area contributed by atoms with Crippen molar-refractivity contribution in [3.8, 4) is 11.1 Å². The van der Waals surface area contributed by atoms with E-state index in [-0.39, 0.29) is 10.6 Å². The van der Waals surface area contributed by atoms with Crippen molar-refractivity contribution in [2.75, 3.05) is 0 Å². The first-order valence-electron chi connectivity index (χ1n) is 13.7. The molecule has 0 fully saturated rings. The molecule has 0 atom stereocenters. The summed E-state index contributed by atoms with van der Waals surface area (Å²) in [5.41, 5.74) is -0.0478. The van der Waals surface area contributed by atoms with Crippen molar-refractivity contribution in [2.45, 2.75) is 12.4 Å². The van der Waals surface area contributed by atoms with Gasteiger partial charge >= 0.3 is 12.4 Å². The molecule has 0 aromatic heterocycles. The molecule has 8 heteroatoms. The lowest BCUT2D eigenvalue weighted by Crippen LogP contribution is -2.25. The Bertz CT molecular complexity index is 2120. The second-order valence-corrected chi connectivity index (χ2v) is 13.5. The smallest absolute Gasteiger partial charge is 0.309 e. The molecule has 0 saturated heterocycles. The van der Waals surface area contributed by atoms with Crippen LogP contribution in [0.5, 0.6) is 0 Å². The number of benzene rings is 7. The lowest BCUT2D eigenvalue weighted by atomic mass is 9.90. The molecule has 0 heterocycles. The lowest BCUT2D eigenvalue weighted by Gasteiger charge is -2.22. The van der Waals surface area contributed by atoms with E-state index in [1.807, 2.05) is 18.2 Å². The zero-order chi connectivity index (χ0) is 30.9. The number of alkyl halides is 6. The van der Waals surface area contributed by atoms with E-state index in [1.165, 1.54) is 0 Å². The van der Waals surface area contributed by atoms with Gasteiger partial charge in [-0.3, -0.25) is 0 Å². The van der Waals surface area contributed by atoms with Crippen LogP contribution < -0.4 is 15.9 Å². The maximum atomic E-state index is 14.9. The summed E-state index contributed by atoms with van der Waals surface area (Å²) in [5.74, 6) is 0. The Kier molecular flexibility index (Phi) is 6.38. The monoisotopic (exact) mass is 614 g/mol. The van der Waals surface area contributed by atoms with E-state index >= 15 is 0 Å². The molecule has 0 bridgehead atoms. The van der Waals surface area contributed by atoms with Gasteiger partial charge in [0.2, 0.25) is 0 Å². The van der Waals surface area contributed by atoms with Crippen LogP contribution in [0.4, 0.5) is 26.3 Å². The van der Waals surface area contributed by atoms with Gasteiger partial charge in [0.25, 0.3) is 0 Å². The van der Waals surface area contributed by atoms with Gasteiger partial charge in [-0.2, -0.15) is 26.3 Å². The molecule has 44 heavy (non-hydrogen) atoms. The second kappa shape index (κ2) is 9.96. The molecule has 0 aliphatic carbocycles. The maximum absolute atomic E-state index is 14.9. The van der Waals surface area contributed by atoms with Gasteiger partial charge < -0.3 is 4.57 Å². The van der Waals surface area contributed by atoms with Gasteiger partial charge in [-0.05, 0) is 67.7 Å². The summed E-state index contributed by atoms with van der Waals surface area (Å²) in [4.78, 5) is 0. The topological polar surface area (TPSA) is 17.1 Å². The van der Waals surface area contributed by atoms with E-state index in [1.54, 1.807) is 24.3 Å². The van der Waals surface area contributed by atoms with Crippen LogP contribution in [0.25, 0.3) is 43.4 Å². The molecule has 0 spiro atoms. The Balaban J connectivity index is 1.37. The van der Waals surface area contributed by atoms with Crippen molar-refractivity contribution in [3.05, 3.63) is 139 Å². The number of rotatable bonds is 4. The summed E-state index contributed by atoms with van der Waals surface area (Å²) in [7, 11) is -3.86. The van der Waals surface area contributed by atoms with Crippen LogP contribution in [-0.4, -0.2) is 0 Å². The SMILES string of the molecule is O=P(c1ccc(-c2ccc3ccc4cccc5ccc2c3c45)cc1)(c1ccc(C(F)(F)F)cc1)c1ccc(C(F)(F)F)cc1. The fraction of sp³-hybridized carbons (Fsp3) is 0.0556. The van der Waals surface area contributed by atoms with Crippen LogP contribution in [0.2, 0.25) is 0 Å². The van der Waals surface area contributed by atoms with Crippen molar-refractivity contribution in [1.82, 2.24) is 0 Å². The average Bonchev–Trinajstić information content (AvgIpc) is 3.02. The first-order chi connectivity index (χ1) is 20.9. The third kappa shape index (κ3) is 4.54.